The molecule has 1 aliphatic heterocycles. The van der Waals surface area contributed by atoms with Crippen LogP contribution in [0.2, 0.25) is 5.02 Å². The summed E-state index contributed by atoms with van der Waals surface area (Å²) in [6, 6.07) is 13.8. The van der Waals surface area contributed by atoms with Crippen molar-refractivity contribution in [2.45, 2.75) is 12.5 Å². The molecule has 0 bridgehead atoms. The second-order valence-electron chi connectivity index (χ2n) is 5.56. The largest absolute Gasteiger partial charge is 0.496 e. The van der Waals surface area contributed by atoms with Crippen LogP contribution in [0.3, 0.4) is 0 Å². The number of hydrogen-bond acceptors (Lipinski definition) is 3. The summed E-state index contributed by atoms with van der Waals surface area (Å²) in [5.74, 6) is 0.236. The lowest BCUT2D eigenvalue weighted by Gasteiger charge is -2.17. The number of hydrogen-bond donors (Lipinski definition) is 1. The van der Waals surface area contributed by atoms with Crippen LogP contribution in [-0.2, 0) is 4.79 Å². The number of nitrogens with one attached hydrogen (secondary N) is 1. The molecule has 24 heavy (non-hydrogen) atoms. The van der Waals surface area contributed by atoms with Crippen LogP contribution < -0.4 is 15.0 Å². The molecule has 0 radical (unpaired) electrons. The topological polar surface area (TPSA) is 58.6 Å². The SMILES string of the molecule is COc1ccccc1C(=O)N[C@H]1CC(=O)N(c2ccc(Cl)cc2)C1. The minimum atomic E-state index is -0.247. The van der Waals surface area contributed by atoms with Crippen molar-refractivity contribution in [3.63, 3.8) is 0 Å². The Balaban J connectivity index is 1.70. The van der Waals surface area contributed by atoms with Crippen LogP contribution in [0.25, 0.3) is 0 Å². The molecule has 1 fully saturated rings. The highest BCUT2D eigenvalue weighted by Crippen LogP contribution is 2.24. The highest BCUT2D eigenvalue weighted by Gasteiger charge is 2.32. The van der Waals surface area contributed by atoms with Crippen LogP contribution in [0.1, 0.15) is 16.8 Å². The molecule has 2 amide bonds. The predicted octanol–water partition coefficient (Wildman–Crippen LogP) is 2.88. The van der Waals surface area contributed by atoms with Crippen LogP contribution in [0, 0.1) is 0 Å². The molecule has 1 atom stereocenters. The quantitative estimate of drug-likeness (QED) is 0.927. The number of carbonyl (C=O) groups is 2. The summed E-state index contributed by atoms with van der Waals surface area (Å²) in [4.78, 5) is 26.3. The number of para-hydroxylation sites is 1. The molecule has 6 heteroatoms. The smallest absolute Gasteiger partial charge is 0.255 e. The van der Waals surface area contributed by atoms with Gasteiger partial charge in [0.1, 0.15) is 5.75 Å². The highest BCUT2D eigenvalue weighted by atomic mass is 35.5. The fourth-order valence-corrected chi connectivity index (χ4v) is 2.90. The van der Waals surface area contributed by atoms with Crippen molar-refractivity contribution in [2.24, 2.45) is 0 Å². The molecule has 0 aromatic heterocycles. The zero-order chi connectivity index (χ0) is 17.1. The van der Waals surface area contributed by atoms with Crippen molar-refractivity contribution in [1.82, 2.24) is 5.32 Å². The van der Waals surface area contributed by atoms with Crippen LogP contribution in [0.4, 0.5) is 5.69 Å². The molecule has 0 unspecified atom stereocenters. The molecule has 0 saturated carbocycles. The monoisotopic (exact) mass is 344 g/mol. The Morgan fingerprint density at radius 3 is 2.62 bits per heavy atom. The molecule has 1 saturated heterocycles. The first-order chi connectivity index (χ1) is 11.6. The van der Waals surface area contributed by atoms with Crippen molar-refractivity contribution in [3.05, 3.63) is 59.1 Å². The van der Waals surface area contributed by atoms with Gasteiger partial charge in [-0.2, -0.15) is 0 Å². The van der Waals surface area contributed by atoms with Crippen molar-refractivity contribution in [2.75, 3.05) is 18.6 Å². The Hall–Kier alpha value is -2.53. The summed E-state index contributed by atoms with van der Waals surface area (Å²) in [7, 11) is 1.52. The van der Waals surface area contributed by atoms with Gasteiger partial charge in [-0.15, -0.1) is 0 Å². The normalized spacial score (nSPS) is 17.0. The maximum absolute atomic E-state index is 12.4. The van der Waals surface area contributed by atoms with Gasteiger partial charge in [0.15, 0.2) is 0 Å². The van der Waals surface area contributed by atoms with Crippen molar-refractivity contribution in [1.29, 1.82) is 0 Å². The van der Waals surface area contributed by atoms with E-state index in [9.17, 15) is 9.59 Å². The molecular formula is C18H17ClN2O3. The molecule has 124 valence electrons. The maximum atomic E-state index is 12.4. The van der Waals surface area contributed by atoms with Gasteiger partial charge in [0, 0.05) is 23.7 Å². The average Bonchev–Trinajstić information content (AvgIpc) is 2.95. The van der Waals surface area contributed by atoms with Gasteiger partial charge in [0.25, 0.3) is 5.91 Å². The van der Waals surface area contributed by atoms with E-state index in [4.69, 9.17) is 16.3 Å². The summed E-state index contributed by atoms with van der Waals surface area (Å²) in [6.07, 6.45) is 0.267. The van der Waals surface area contributed by atoms with Crippen LogP contribution in [-0.4, -0.2) is 31.5 Å². The third kappa shape index (κ3) is 3.36. The zero-order valence-electron chi connectivity index (χ0n) is 13.2. The van der Waals surface area contributed by atoms with Gasteiger partial charge in [-0.25, -0.2) is 0 Å². The van der Waals surface area contributed by atoms with E-state index >= 15 is 0 Å². The van der Waals surface area contributed by atoms with E-state index in [1.165, 1.54) is 7.11 Å². The minimum Gasteiger partial charge on any atom is -0.496 e. The summed E-state index contributed by atoms with van der Waals surface area (Å²) in [6.45, 7) is 0.432. The van der Waals surface area contributed by atoms with Gasteiger partial charge in [-0.1, -0.05) is 23.7 Å². The van der Waals surface area contributed by atoms with Crippen molar-refractivity contribution in [3.8, 4) is 5.75 Å². The van der Waals surface area contributed by atoms with Gasteiger partial charge in [0.05, 0.1) is 18.7 Å². The first-order valence-corrected chi connectivity index (χ1v) is 7.96. The Morgan fingerprint density at radius 1 is 1.21 bits per heavy atom. The van der Waals surface area contributed by atoms with Gasteiger partial charge in [0.2, 0.25) is 5.91 Å². The van der Waals surface area contributed by atoms with Gasteiger partial charge >= 0.3 is 0 Å². The Labute approximate surface area is 145 Å². The van der Waals surface area contributed by atoms with Crippen molar-refractivity contribution >= 4 is 29.1 Å². The van der Waals surface area contributed by atoms with Gasteiger partial charge in [-0.05, 0) is 36.4 Å². The summed E-state index contributed by atoms with van der Waals surface area (Å²) >= 11 is 5.88. The minimum absolute atomic E-state index is 0.0253. The van der Waals surface area contributed by atoms with E-state index < -0.39 is 0 Å². The third-order valence-electron chi connectivity index (χ3n) is 3.95. The number of rotatable bonds is 4. The predicted molar refractivity (Wildman–Crippen MR) is 92.7 cm³/mol. The first-order valence-electron chi connectivity index (χ1n) is 7.58. The molecule has 5 nitrogen and oxygen atoms in total. The molecule has 2 aromatic carbocycles. The molecule has 1 heterocycles. The fourth-order valence-electron chi connectivity index (χ4n) is 2.77. The summed E-state index contributed by atoms with van der Waals surface area (Å²) < 4.78 is 5.20. The lowest BCUT2D eigenvalue weighted by Crippen LogP contribution is -2.37. The number of amides is 2. The van der Waals surface area contributed by atoms with Crippen LogP contribution >= 0.6 is 11.6 Å². The molecule has 0 aliphatic carbocycles. The standard InChI is InChI=1S/C18H17ClN2O3/c1-24-16-5-3-2-4-15(16)18(23)20-13-10-17(22)21(11-13)14-8-6-12(19)7-9-14/h2-9,13H,10-11H2,1H3,(H,20,23)/t13-/m0/s1. The number of halogens is 1. The average molecular weight is 345 g/mol. The second kappa shape index (κ2) is 6.93. The lowest BCUT2D eigenvalue weighted by atomic mass is 10.1. The Bertz CT molecular complexity index is 761. The molecular weight excluding hydrogens is 328 g/mol. The van der Waals surface area contributed by atoms with Crippen molar-refractivity contribution < 1.29 is 14.3 Å². The number of nitrogens with zero attached hydrogens (tertiary/aromatic N) is 1. The lowest BCUT2D eigenvalue weighted by molar-refractivity contribution is -0.117. The van der Waals surface area contributed by atoms with E-state index in [1.807, 2.05) is 0 Å². The summed E-state index contributed by atoms with van der Waals surface area (Å²) in [5.41, 5.74) is 1.23. The van der Waals surface area contributed by atoms with E-state index in [2.05, 4.69) is 5.32 Å². The zero-order valence-corrected chi connectivity index (χ0v) is 13.9. The number of anilines is 1. The summed E-state index contributed by atoms with van der Waals surface area (Å²) in [5, 5.41) is 3.52. The Kier molecular flexibility index (Phi) is 4.71. The maximum Gasteiger partial charge on any atom is 0.255 e. The number of methoxy groups -OCH3 is 1. The van der Waals surface area contributed by atoms with E-state index in [-0.39, 0.29) is 24.3 Å². The molecule has 1 N–H and O–H groups in total. The van der Waals surface area contributed by atoms with Gasteiger partial charge in [-0.3, -0.25) is 9.59 Å². The van der Waals surface area contributed by atoms with Crippen LogP contribution in [0.5, 0.6) is 5.75 Å². The number of ether oxygens (including phenoxy) is 1. The van der Waals surface area contributed by atoms with Gasteiger partial charge < -0.3 is 15.0 Å². The van der Waals surface area contributed by atoms with E-state index in [1.54, 1.807) is 53.4 Å². The molecule has 3 rings (SSSR count). The highest BCUT2D eigenvalue weighted by molar-refractivity contribution is 6.30. The second-order valence-corrected chi connectivity index (χ2v) is 5.99. The van der Waals surface area contributed by atoms with E-state index in [0.29, 0.717) is 22.9 Å². The molecule has 2 aromatic rings. The number of benzene rings is 2. The fraction of sp³-hybridized carbons (Fsp3) is 0.222. The Morgan fingerprint density at radius 2 is 1.92 bits per heavy atom. The van der Waals surface area contributed by atoms with E-state index in [0.717, 1.165) is 5.69 Å². The third-order valence-corrected chi connectivity index (χ3v) is 4.20. The molecule has 0 spiro atoms. The molecule has 1 aliphatic rings. The number of carbonyl (C=O) groups excluding carboxylic acids is 2. The first kappa shape index (κ1) is 16.3. The van der Waals surface area contributed by atoms with Crippen LogP contribution in [0.15, 0.2) is 48.5 Å².